The molecule has 0 saturated carbocycles. The molecule has 0 aliphatic carbocycles. The lowest BCUT2D eigenvalue weighted by atomic mass is 9.97. The molecule has 0 radical (unpaired) electrons. The van der Waals surface area contributed by atoms with Crippen molar-refractivity contribution in [1.29, 1.82) is 0 Å². The fourth-order valence-electron chi connectivity index (χ4n) is 9.04. The molecule has 0 aliphatic heterocycles. The molecular formula is C50H43N3. The molecule has 7 aromatic carbocycles. The van der Waals surface area contributed by atoms with Gasteiger partial charge in [-0.25, -0.2) is 0 Å². The number of fused-ring (bicyclic) bond motifs is 9. The van der Waals surface area contributed by atoms with Crippen LogP contribution < -0.4 is 0 Å². The molecule has 0 saturated heterocycles. The molecule has 0 fully saturated rings. The van der Waals surface area contributed by atoms with Crippen molar-refractivity contribution < 1.29 is 0 Å². The molecule has 0 bridgehead atoms. The highest BCUT2D eigenvalue weighted by Crippen LogP contribution is 2.41. The zero-order valence-corrected chi connectivity index (χ0v) is 31.3. The van der Waals surface area contributed by atoms with E-state index in [1.54, 1.807) is 0 Å². The normalized spacial score (nSPS) is 12.7. The molecule has 0 atom stereocenters. The van der Waals surface area contributed by atoms with Crippen molar-refractivity contribution in [1.82, 2.24) is 13.7 Å². The summed E-state index contributed by atoms with van der Waals surface area (Å²) in [5.41, 5.74) is 13.6. The Kier molecular flexibility index (Phi) is 6.70. The minimum Gasteiger partial charge on any atom is -0.335 e. The van der Waals surface area contributed by atoms with Crippen LogP contribution in [-0.2, 0) is 11.1 Å². The van der Waals surface area contributed by atoms with Crippen LogP contribution in [0, 0.1) is 0 Å². The smallest absolute Gasteiger partial charge is 0.0576 e. The van der Waals surface area contributed by atoms with Gasteiger partial charge in [-0.2, -0.15) is 0 Å². The lowest BCUT2D eigenvalue weighted by Crippen LogP contribution is -2.21. The predicted octanol–water partition coefficient (Wildman–Crippen LogP) is 13.8. The van der Waals surface area contributed by atoms with Crippen LogP contribution in [0.4, 0.5) is 0 Å². The van der Waals surface area contributed by atoms with Crippen molar-refractivity contribution in [3.63, 3.8) is 0 Å². The quantitative estimate of drug-likeness (QED) is 0.176. The summed E-state index contributed by atoms with van der Waals surface area (Å²) < 4.78 is 7.44. The number of hydrogen-bond acceptors (Lipinski definition) is 0. The van der Waals surface area contributed by atoms with E-state index in [9.17, 15) is 0 Å². The lowest BCUT2D eigenvalue weighted by Gasteiger charge is -2.25. The van der Waals surface area contributed by atoms with Gasteiger partial charge in [0.1, 0.15) is 0 Å². The van der Waals surface area contributed by atoms with E-state index in [0.29, 0.717) is 0 Å². The molecule has 3 heterocycles. The van der Waals surface area contributed by atoms with Crippen LogP contribution in [-0.4, -0.2) is 13.7 Å². The minimum absolute atomic E-state index is 0.0376. The van der Waals surface area contributed by atoms with Crippen molar-refractivity contribution in [3.05, 3.63) is 152 Å². The van der Waals surface area contributed by atoms with Gasteiger partial charge < -0.3 is 13.7 Å². The maximum atomic E-state index is 2.52. The Labute approximate surface area is 310 Å². The number of nitrogens with zero attached hydrogens (tertiary/aromatic N) is 3. The van der Waals surface area contributed by atoms with Crippen LogP contribution in [0.2, 0.25) is 0 Å². The second-order valence-corrected chi connectivity index (χ2v) is 16.6. The Morgan fingerprint density at radius 3 is 1.49 bits per heavy atom. The molecule has 0 aliphatic rings. The minimum atomic E-state index is -0.0664. The Morgan fingerprint density at radius 1 is 0.340 bits per heavy atom. The molecule has 0 N–H and O–H groups in total. The van der Waals surface area contributed by atoms with Crippen LogP contribution in [0.5, 0.6) is 0 Å². The third-order valence-corrected chi connectivity index (χ3v) is 11.2. The first-order valence-electron chi connectivity index (χ1n) is 18.8. The second-order valence-electron chi connectivity index (χ2n) is 16.6. The highest BCUT2D eigenvalue weighted by molar-refractivity contribution is 6.14. The number of hydrogen-bond donors (Lipinski definition) is 0. The Morgan fingerprint density at radius 2 is 0.811 bits per heavy atom. The molecule has 258 valence electrons. The maximum absolute atomic E-state index is 2.52. The lowest BCUT2D eigenvalue weighted by molar-refractivity contribution is 0.423. The van der Waals surface area contributed by atoms with Crippen molar-refractivity contribution in [2.45, 2.75) is 52.6 Å². The highest BCUT2D eigenvalue weighted by Gasteiger charge is 2.24. The average Bonchev–Trinajstić information content (AvgIpc) is 3.80. The Hall–Kier alpha value is -6.06. The van der Waals surface area contributed by atoms with Gasteiger partial charge in [0.25, 0.3) is 0 Å². The summed E-state index contributed by atoms with van der Waals surface area (Å²) in [4.78, 5) is 0. The maximum Gasteiger partial charge on any atom is 0.0576 e. The highest BCUT2D eigenvalue weighted by atomic mass is 15.1. The van der Waals surface area contributed by atoms with E-state index in [4.69, 9.17) is 0 Å². The van der Waals surface area contributed by atoms with E-state index in [1.165, 1.54) is 93.4 Å². The molecule has 3 aromatic heterocycles. The van der Waals surface area contributed by atoms with E-state index in [-0.39, 0.29) is 11.1 Å². The molecule has 0 spiro atoms. The topological polar surface area (TPSA) is 14.8 Å². The average molecular weight is 686 g/mol. The first-order valence-corrected chi connectivity index (χ1v) is 18.8. The summed E-state index contributed by atoms with van der Waals surface area (Å²) in [5, 5.41) is 7.72. The monoisotopic (exact) mass is 685 g/mol. The van der Waals surface area contributed by atoms with Gasteiger partial charge in [-0.3, -0.25) is 0 Å². The van der Waals surface area contributed by atoms with Crippen molar-refractivity contribution in [2.75, 3.05) is 0 Å². The molecule has 10 rings (SSSR count). The van der Waals surface area contributed by atoms with Gasteiger partial charge in [0.05, 0.1) is 16.6 Å². The number of benzene rings is 7. The van der Waals surface area contributed by atoms with Crippen LogP contribution in [0.25, 0.3) is 93.4 Å². The van der Waals surface area contributed by atoms with Gasteiger partial charge in [0.2, 0.25) is 0 Å². The molecule has 0 amide bonds. The van der Waals surface area contributed by atoms with Gasteiger partial charge in [-0.15, -0.1) is 0 Å². The first-order chi connectivity index (χ1) is 25.6. The number of para-hydroxylation sites is 4. The molecule has 3 heteroatoms. The number of aromatic nitrogens is 3. The standard InChI is InChI=1S/C50H43N3/c1-49(2,3)52-45-20-11-9-16-39(45)42-31-35(27-29-47(42)52)51-43-19-10-7-15-38(43)41-30-34(26-28-44(41)51)32-22-24-33(25-23-32)36-17-13-18-40-37-14-8-12-21-46(37)53(48(36)40)50(4,5)6/h7-31H,1-6H3. The number of rotatable bonds is 3. The van der Waals surface area contributed by atoms with Crippen molar-refractivity contribution in [2.24, 2.45) is 0 Å². The fourth-order valence-corrected chi connectivity index (χ4v) is 9.04. The van der Waals surface area contributed by atoms with Gasteiger partial charge in [-0.05, 0) is 107 Å². The van der Waals surface area contributed by atoms with Gasteiger partial charge in [0.15, 0.2) is 0 Å². The zero-order chi connectivity index (χ0) is 36.2. The van der Waals surface area contributed by atoms with E-state index < -0.39 is 0 Å². The van der Waals surface area contributed by atoms with E-state index in [2.05, 4.69) is 207 Å². The van der Waals surface area contributed by atoms with Gasteiger partial charge in [-0.1, -0.05) is 103 Å². The summed E-state index contributed by atoms with van der Waals surface area (Å²) >= 11 is 0. The Bertz CT molecular complexity index is 3060. The van der Waals surface area contributed by atoms with Crippen LogP contribution in [0.3, 0.4) is 0 Å². The summed E-state index contributed by atoms with van der Waals surface area (Å²) in [5.74, 6) is 0. The zero-order valence-electron chi connectivity index (χ0n) is 31.3. The van der Waals surface area contributed by atoms with Crippen molar-refractivity contribution in [3.8, 4) is 27.9 Å². The third kappa shape index (κ3) is 4.73. The molecule has 0 unspecified atom stereocenters. The van der Waals surface area contributed by atoms with Gasteiger partial charge in [0, 0.05) is 71.2 Å². The van der Waals surface area contributed by atoms with E-state index in [0.717, 1.165) is 0 Å². The summed E-state index contributed by atoms with van der Waals surface area (Å²) in [6.45, 7) is 13.8. The first kappa shape index (κ1) is 31.7. The predicted molar refractivity (Wildman–Crippen MR) is 228 cm³/mol. The SMILES string of the molecule is CC(C)(C)n1c2ccccc2c2cc(-n3c4ccccc4c4cc(-c5ccc(-c6cccc7c8ccccc8n(C(C)(C)C)c67)cc5)ccc43)ccc21. The summed E-state index contributed by atoms with van der Waals surface area (Å²) in [6.07, 6.45) is 0. The van der Waals surface area contributed by atoms with E-state index in [1.807, 2.05) is 0 Å². The summed E-state index contributed by atoms with van der Waals surface area (Å²) in [6, 6.07) is 56.3. The van der Waals surface area contributed by atoms with Crippen LogP contribution >= 0.6 is 0 Å². The van der Waals surface area contributed by atoms with Gasteiger partial charge >= 0.3 is 0 Å². The largest absolute Gasteiger partial charge is 0.335 e. The van der Waals surface area contributed by atoms with Crippen LogP contribution in [0.1, 0.15) is 41.5 Å². The fraction of sp³-hybridized carbons (Fsp3) is 0.160. The molecule has 10 aromatic rings. The molecule has 3 nitrogen and oxygen atoms in total. The van der Waals surface area contributed by atoms with Crippen LogP contribution in [0.15, 0.2) is 152 Å². The van der Waals surface area contributed by atoms with E-state index >= 15 is 0 Å². The molecule has 53 heavy (non-hydrogen) atoms. The van der Waals surface area contributed by atoms with Crippen molar-refractivity contribution >= 4 is 65.4 Å². The Balaban J connectivity index is 1.10. The summed E-state index contributed by atoms with van der Waals surface area (Å²) in [7, 11) is 0. The third-order valence-electron chi connectivity index (χ3n) is 11.2. The molecular weight excluding hydrogens is 643 g/mol. The second kappa shape index (κ2) is 11.2.